The molecule has 0 saturated carbocycles. The summed E-state index contributed by atoms with van der Waals surface area (Å²) in [6, 6.07) is 7.28. The average molecular weight is 414 g/mol. The van der Waals surface area contributed by atoms with Crippen molar-refractivity contribution in [1.29, 1.82) is 0 Å². The molecule has 0 spiro atoms. The molecule has 0 atom stereocenters. The van der Waals surface area contributed by atoms with Gasteiger partial charge in [0, 0.05) is 23.5 Å². The monoisotopic (exact) mass is 414 g/mol. The third-order valence-corrected chi connectivity index (χ3v) is 5.59. The molecule has 3 rings (SSSR count). The quantitative estimate of drug-likeness (QED) is 0.642. The fourth-order valence-corrected chi connectivity index (χ4v) is 3.75. The van der Waals surface area contributed by atoms with Crippen LogP contribution in [0.25, 0.3) is 10.9 Å². The molecule has 10 heteroatoms. The summed E-state index contributed by atoms with van der Waals surface area (Å²) in [6.07, 6.45) is -4.83. The number of hydrogen-bond donors (Lipinski definition) is 2. The van der Waals surface area contributed by atoms with E-state index in [-0.39, 0.29) is 12.1 Å². The van der Waals surface area contributed by atoms with Crippen molar-refractivity contribution in [2.45, 2.75) is 24.5 Å². The van der Waals surface area contributed by atoms with E-state index in [2.05, 4.69) is 9.71 Å². The van der Waals surface area contributed by atoms with Crippen LogP contribution in [0.3, 0.4) is 0 Å². The first-order valence-corrected chi connectivity index (χ1v) is 9.45. The number of H-pyrrole nitrogens is 1. The topological polar surface area (TPSA) is 79.0 Å². The van der Waals surface area contributed by atoms with Gasteiger partial charge in [0.05, 0.1) is 10.5 Å². The van der Waals surface area contributed by atoms with Crippen LogP contribution >= 0.6 is 0 Å². The highest BCUT2D eigenvalue weighted by molar-refractivity contribution is 7.89. The molecule has 0 fully saturated rings. The summed E-state index contributed by atoms with van der Waals surface area (Å²) in [5, 5.41) is -0.447. The lowest BCUT2D eigenvalue weighted by atomic mass is 10.1. The average Bonchev–Trinajstić information content (AvgIpc) is 2.60. The van der Waals surface area contributed by atoms with Gasteiger partial charge in [0.15, 0.2) is 0 Å². The maximum absolute atomic E-state index is 13.3. The number of rotatable bonds is 4. The number of aryl methyl sites for hydroxylation is 1. The van der Waals surface area contributed by atoms with Crippen LogP contribution in [-0.4, -0.2) is 13.4 Å². The van der Waals surface area contributed by atoms with Gasteiger partial charge in [-0.3, -0.25) is 4.79 Å². The zero-order chi connectivity index (χ0) is 20.7. The van der Waals surface area contributed by atoms with Crippen molar-refractivity contribution in [3.8, 4) is 0 Å². The Kier molecular flexibility index (Phi) is 5.02. The molecular weight excluding hydrogens is 400 g/mol. The van der Waals surface area contributed by atoms with E-state index in [1.165, 1.54) is 18.2 Å². The van der Waals surface area contributed by atoms with Gasteiger partial charge in [-0.25, -0.2) is 17.5 Å². The molecule has 0 aliphatic heterocycles. The number of aromatic amines is 1. The maximum Gasteiger partial charge on any atom is 0.417 e. The number of aromatic nitrogens is 1. The normalized spacial score (nSPS) is 12.5. The van der Waals surface area contributed by atoms with Crippen molar-refractivity contribution in [3.05, 3.63) is 75.3 Å². The Morgan fingerprint density at radius 1 is 1.07 bits per heavy atom. The van der Waals surface area contributed by atoms with Crippen LogP contribution in [0.1, 0.15) is 16.7 Å². The molecule has 3 aromatic rings. The number of fused-ring (bicyclic) bond motifs is 1. The smallest absolute Gasteiger partial charge is 0.322 e. The molecule has 5 nitrogen and oxygen atoms in total. The number of pyridine rings is 1. The summed E-state index contributed by atoms with van der Waals surface area (Å²) in [5.74, 6) is -0.538. The molecule has 0 unspecified atom stereocenters. The van der Waals surface area contributed by atoms with Gasteiger partial charge in [0.2, 0.25) is 15.6 Å². The standard InChI is InChI=1S/C18H14F4N2O3S/c1-10-2-3-12(19)6-11(10)9-23-28(26,27)13-4-5-16-14(7-13)15(18(20,21)22)8-17(25)24-16/h2-8,23H,9H2,1H3,(H,24,25). The van der Waals surface area contributed by atoms with Gasteiger partial charge < -0.3 is 4.98 Å². The van der Waals surface area contributed by atoms with Crippen LogP contribution in [-0.2, 0) is 22.7 Å². The Bertz CT molecular complexity index is 1220. The van der Waals surface area contributed by atoms with E-state index in [1.54, 1.807) is 6.92 Å². The first-order chi connectivity index (χ1) is 13.0. The molecule has 0 bridgehead atoms. The molecule has 1 heterocycles. The Balaban J connectivity index is 2.01. The molecule has 1 aromatic heterocycles. The van der Waals surface area contributed by atoms with E-state index < -0.39 is 43.4 Å². The van der Waals surface area contributed by atoms with Crippen LogP contribution < -0.4 is 10.3 Å². The van der Waals surface area contributed by atoms with Crippen molar-refractivity contribution < 1.29 is 26.0 Å². The molecule has 28 heavy (non-hydrogen) atoms. The van der Waals surface area contributed by atoms with Gasteiger partial charge in [-0.1, -0.05) is 6.07 Å². The van der Waals surface area contributed by atoms with Crippen molar-refractivity contribution in [1.82, 2.24) is 9.71 Å². The first kappa shape index (κ1) is 20.0. The van der Waals surface area contributed by atoms with Crippen molar-refractivity contribution in [2.75, 3.05) is 0 Å². The molecular formula is C18H14F4N2O3S. The fraction of sp³-hybridized carbons (Fsp3) is 0.167. The number of hydrogen-bond acceptors (Lipinski definition) is 3. The number of alkyl halides is 3. The van der Waals surface area contributed by atoms with Crippen LogP contribution in [0, 0.1) is 12.7 Å². The van der Waals surface area contributed by atoms with Gasteiger partial charge in [0.25, 0.3) is 0 Å². The van der Waals surface area contributed by atoms with Crippen molar-refractivity contribution in [3.63, 3.8) is 0 Å². The summed E-state index contributed by atoms with van der Waals surface area (Å²) in [6.45, 7) is 1.44. The van der Waals surface area contributed by atoms with E-state index in [0.29, 0.717) is 17.2 Å². The molecule has 2 N–H and O–H groups in total. The molecule has 2 aromatic carbocycles. The number of nitrogens with one attached hydrogen (secondary N) is 2. The van der Waals surface area contributed by atoms with Crippen LogP contribution in [0.5, 0.6) is 0 Å². The predicted octanol–water partition coefficient (Wildman–Crippen LogP) is 3.47. The molecule has 0 saturated heterocycles. The summed E-state index contributed by atoms with van der Waals surface area (Å²) in [5.41, 5.74) is -1.27. The zero-order valence-electron chi connectivity index (χ0n) is 14.4. The summed E-state index contributed by atoms with van der Waals surface area (Å²) in [4.78, 5) is 13.3. The minimum atomic E-state index is -4.83. The number of benzene rings is 2. The number of sulfonamides is 1. The molecule has 0 amide bonds. The van der Waals surface area contributed by atoms with Gasteiger partial charge >= 0.3 is 6.18 Å². The van der Waals surface area contributed by atoms with Crippen LogP contribution in [0.15, 0.2) is 52.2 Å². The second-order valence-corrected chi connectivity index (χ2v) is 7.91. The first-order valence-electron chi connectivity index (χ1n) is 7.96. The van der Waals surface area contributed by atoms with Crippen LogP contribution in [0.4, 0.5) is 17.6 Å². The highest BCUT2D eigenvalue weighted by atomic mass is 32.2. The van der Waals surface area contributed by atoms with E-state index in [0.717, 1.165) is 18.2 Å². The Labute approximate surface area is 157 Å². The lowest BCUT2D eigenvalue weighted by Crippen LogP contribution is -2.24. The van der Waals surface area contributed by atoms with Crippen molar-refractivity contribution >= 4 is 20.9 Å². The van der Waals surface area contributed by atoms with E-state index in [4.69, 9.17) is 0 Å². The second kappa shape index (κ2) is 7.02. The third-order valence-electron chi connectivity index (χ3n) is 4.19. The highest BCUT2D eigenvalue weighted by Gasteiger charge is 2.33. The summed E-state index contributed by atoms with van der Waals surface area (Å²) >= 11 is 0. The molecule has 0 aliphatic rings. The summed E-state index contributed by atoms with van der Waals surface area (Å²) < 4.78 is 80.3. The number of halogens is 4. The maximum atomic E-state index is 13.3. The van der Waals surface area contributed by atoms with Gasteiger partial charge in [0.1, 0.15) is 5.82 Å². The lowest BCUT2D eigenvalue weighted by molar-refractivity contribution is -0.136. The van der Waals surface area contributed by atoms with Crippen molar-refractivity contribution in [2.24, 2.45) is 0 Å². The minimum absolute atomic E-state index is 0.139. The highest BCUT2D eigenvalue weighted by Crippen LogP contribution is 2.34. The second-order valence-electron chi connectivity index (χ2n) is 6.15. The Hall–Kier alpha value is -2.72. The third kappa shape index (κ3) is 4.07. The predicted molar refractivity (Wildman–Crippen MR) is 94.7 cm³/mol. The minimum Gasteiger partial charge on any atom is -0.322 e. The van der Waals surface area contributed by atoms with Gasteiger partial charge in [-0.15, -0.1) is 0 Å². The Morgan fingerprint density at radius 2 is 1.79 bits per heavy atom. The molecule has 0 aliphatic carbocycles. The van der Waals surface area contributed by atoms with E-state index >= 15 is 0 Å². The van der Waals surface area contributed by atoms with E-state index in [1.807, 2.05) is 0 Å². The van der Waals surface area contributed by atoms with Crippen LogP contribution in [0.2, 0.25) is 0 Å². The largest absolute Gasteiger partial charge is 0.417 e. The fourth-order valence-electron chi connectivity index (χ4n) is 2.72. The van der Waals surface area contributed by atoms with E-state index in [9.17, 15) is 30.8 Å². The SMILES string of the molecule is Cc1ccc(F)cc1CNS(=O)(=O)c1ccc2[nH]c(=O)cc(C(F)(F)F)c2c1. The van der Waals surface area contributed by atoms with Gasteiger partial charge in [-0.05, 0) is 48.4 Å². The Morgan fingerprint density at radius 3 is 2.46 bits per heavy atom. The lowest BCUT2D eigenvalue weighted by Gasteiger charge is -2.12. The summed E-state index contributed by atoms with van der Waals surface area (Å²) in [7, 11) is -4.18. The zero-order valence-corrected chi connectivity index (χ0v) is 15.2. The molecule has 0 radical (unpaired) electrons. The molecule has 148 valence electrons. The van der Waals surface area contributed by atoms with Gasteiger partial charge in [-0.2, -0.15) is 13.2 Å².